The minimum Gasteiger partial charge on any atom is -0.493 e. The third-order valence-electron chi connectivity index (χ3n) is 4.95. The Labute approximate surface area is 189 Å². The summed E-state index contributed by atoms with van der Waals surface area (Å²) in [5.74, 6) is -0.581. The van der Waals surface area contributed by atoms with Gasteiger partial charge in [-0.25, -0.2) is 8.78 Å². The number of methoxy groups -OCH3 is 1. The molecule has 5 nitrogen and oxygen atoms in total. The molecule has 0 radical (unpaired) electrons. The van der Waals surface area contributed by atoms with Gasteiger partial charge in [0, 0.05) is 42.0 Å². The van der Waals surface area contributed by atoms with E-state index >= 15 is 0 Å². The van der Waals surface area contributed by atoms with Crippen LogP contribution in [0.1, 0.15) is 39.7 Å². The number of benzene rings is 2. The molecule has 1 N–H and O–H groups in total. The topological polar surface area (TPSA) is 50.8 Å². The summed E-state index contributed by atoms with van der Waals surface area (Å²) >= 11 is 0. The first kappa shape index (κ1) is 25.3. The minimum atomic E-state index is -0.607. The first-order chi connectivity index (χ1) is 15.2. The van der Waals surface area contributed by atoms with E-state index in [1.165, 1.54) is 6.08 Å². The van der Waals surface area contributed by atoms with Crippen LogP contribution in [-0.4, -0.2) is 43.2 Å². The van der Waals surface area contributed by atoms with Gasteiger partial charge in [-0.3, -0.25) is 9.69 Å². The van der Waals surface area contributed by atoms with Crippen LogP contribution in [0, 0.1) is 11.6 Å². The molecule has 1 amide bonds. The van der Waals surface area contributed by atoms with Gasteiger partial charge in [0.25, 0.3) is 0 Å². The normalized spacial score (nSPS) is 11.6. The lowest BCUT2D eigenvalue weighted by Crippen LogP contribution is -2.38. The molecule has 2 rings (SSSR count). The minimum absolute atomic E-state index is 0.00394. The van der Waals surface area contributed by atoms with Gasteiger partial charge in [-0.15, -0.1) is 0 Å². The fraction of sp³-hybridized carbons (Fsp3) is 0.400. The summed E-state index contributed by atoms with van der Waals surface area (Å²) in [7, 11) is 1.55. The number of amides is 1. The molecule has 0 fully saturated rings. The van der Waals surface area contributed by atoms with Crippen molar-refractivity contribution in [3.8, 4) is 11.5 Å². The van der Waals surface area contributed by atoms with Gasteiger partial charge >= 0.3 is 0 Å². The van der Waals surface area contributed by atoms with E-state index in [2.05, 4.69) is 37.9 Å². The summed E-state index contributed by atoms with van der Waals surface area (Å²) in [6, 6.07) is 9.04. The maximum Gasteiger partial charge on any atom is 0.248 e. The summed E-state index contributed by atoms with van der Waals surface area (Å²) in [6.07, 6.45) is 3.22. The van der Waals surface area contributed by atoms with Gasteiger partial charge in [0.2, 0.25) is 5.91 Å². The summed E-state index contributed by atoms with van der Waals surface area (Å²) in [4.78, 5) is 14.6. The molecule has 7 heteroatoms. The van der Waals surface area contributed by atoms with Gasteiger partial charge in [-0.1, -0.05) is 0 Å². The molecule has 0 unspecified atom stereocenters. The van der Waals surface area contributed by atoms with Crippen LogP contribution in [0.4, 0.5) is 14.5 Å². The Balaban J connectivity index is 1.98. The van der Waals surface area contributed by atoms with Crippen molar-refractivity contribution in [1.29, 1.82) is 0 Å². The number of ether oxygens (including phenoxy) is 2. The molecule has 0 aliphatic rings. The van der Waals surface area contributed by atoms with Crippen LogP contribution in [0.5, 0.6) is 11.5 Å². The van der Waals surface area contributed by atoms with Crippen LogP contribution in [0.2, 0.25) is 0 Å². The van der Waals surface area contributed by atoms with Crippen molar-refractivity contribution >= 4 is 17.7 Å². The fourth-order valence-electron chi connectivity index (χ4n) is 3.40. The predicted octanol–water partition coefficient (Wildman–Crippen LogP) is 5.51. The highest BCUT2D eigenvalue weighted by atomic mass is 19.1. The number of halogens is 2. The van der Waals surface area contributed by atoms with E-state index in [1.54, 1.807) is 25.3 Å². The van der Waals surface area contributed by atoms with Gasteiger partial charge in [0.15, 0.2) is 11.5 Å². The molecule has 0 aromatic heterocycles. The number of carbonyl (C=O) groups excluding carboxylic acids is 1. The number of nitrogens with zero attached hydrogens (tertiary/aromatic N) is 1. The van der Waals surface area contributed by atoms with Gasteiger partial charge < -0.3 is 14.8 Å². The van der Waals surface area contributed by atoms with Crippen molar-refractivity contribution in [2.45, 2.75) is 46.2 Å². The lowest BCUT2D eigenvalue weighted by molar-refractivity contribution is -0.111. The fourth-order valence-corrected chi connectivity index (χ4v) is 3.40. The number of hydrogen-bond donors (Lipinski definition) is 1. The van der Waals surface area contributed by atoms with Gasteiger partial charge in [-0.05, 0) is 70.5 Å². The summed E-state index contributed by atoms with van der Waals surface area (Å²) in [5.41, 5.74) is 0.497. The van der Waals surface area contributed by atoms with Crippen molar-refractivity contribution in [3.63, 3.8) is 0 Å². The largest absolute Gasteiger partial charge is 0.493 e. The standard InChI is InChI=1S/C25H32F2N2O3/c1-17(2)29(18(3)4)13-6-14-32-24-16-21(9-11-23(24)31-5)28-25(30)12-7-19-15-20(26)8-10-22(19)27/h7-12,15-18H,6,13-14H2,1-5H3,(H,28,30). The van der Waals surface area contributed by atoms with Crippen LogP contribution in [-0.2, 0) is 4.79 Å². The van der Waals surface area contributed by atoms with Crippen molar-refractivity contribution in [2.75, 3.05) is 25.6 Å². The summed E-state index contributed by atoms with van der Waals surface area (Å²) in [5, 5.41) is 2.69. The van der Waals surface area contributed by atoms with Crippen molar-refractivity contribution in [1.82, 2.24) is 4.90 Å². The lowest BCUT2D eigenvalue weighted by atomic mass is 10.2. The average Bonchev–Trinajstić information content (AvgIpc) is 2.73. The molecule has 0 aliphatic heterocycles. The van der Waals surface area contributed by atoms with Crippen molar-refractivity contribution in [3.05, 3.63) is 59.7 Å². The van der Waals surface area contributed by atoms with E-state index in [1.807, 2.05) is 0 Å². The predicted molar refractivity (Wildman–Crippen MR) is 124 cm³/mol. The monoisotopic (exact) mass is 446 g/mol. The van der Waals surface area contributed by atoms with E-state index < -0.39 is 17.5 Å². The quantitative estimate of drug-likeness (QED) is 0.365. The van der Waals surface area contributed by atoms with Crippen LogP contribution >= 0.6 is 0 Å². The number of carbonyl (C=O) groups is 1. The van der Waals surface area contributed by atoms with Crippen LogP contribution in [0.25, 0.3) is 6.08 Å². The third kappa shape index (κ3) is 7.64. The molecule has 0 aliphatic carbocycles. The zero-order valence-corrected chi connectivity index (χ0v) is 19.3. The Hall–Kier alpha value is -2.93. The molecule has 2 aromatic rings. The molecule has 0 atom stereocenters. The maximum absolute atomic E-state index is 13.7. The average molecular weight is 447 g/mol. The highest BCUT2D eigenvalue weighted by Gasteiger charge is 2.13. The van der Waals surface area contributed by atoms with Gasteiger partial charge in [0.1, 0.15) is 11.6 Å². The molecule has 32 heavy (non-hydrogen) atoms. The Kier molecular flexibility index (Phi) is 9.65. The van der Waals surface area contributed by atoms with E-state index in [0.29, 0.717) is 35.9 Å². The van der Waals surface area contributed by atoms with E-state index in [0.717, 1.165) is 37.2 Å². The molecule has 0 bridgehead atoms. The highest BCUT2D eigenvalue weighted by Crippen LogP contribution is 2.30. The lowest BCUT2D eigenvalue weighted by Gasteiger charge is -2.30. The second-order valence-corrected chi connectivity index (χ2v) is 7.98. The first-order valence-electron chi connectivity index (χ1n) is 10.7. The first-order valence-corrected chi connectivity index (χ1v) is 10.7. The van der Waals surface area contributed by atoms with Crippen LogP contribution in [0.15, 0.2) is 42.5 Å². The van der Waals surface area contributed by atoms with Crippen LogP contribution < -0.4 is 14.8 Å². The Morgan fingerprint density at radius 3 is 2.44 bits per heavy atom. The number of nitrogens with one attached hydrogen (secondary N) is 1. The zero-order chi connectivity index (χ0) is 23.7. The molecule has 0 saturated carbocycles. The van der Waals surface area contributed by atoms with E-state index in [9.17, 15) is 13.6 Å². The SMILES string of the molecule is COc1ccc(NC(=O)C=Cc2cc(F)ccc2F)cc1OCCCN(C(C)C)C(C)C. The number of rotatable bonds is 11. The van der Waals surface area contributed by atoms with Crippen LogP contribution in [0.3, 0.4) is 0 Å². The van der Waals surface area contributed by atoms with Gasteiger partial charge in [0.05, 0.1) is 13.7 Å². The molecule has 0 spiro atoms. The summed E-state index contributed by atoms with van der Waals surface area (Å²) < 4.78 is 38.2. The molecular formula is C25H32F2N2O3. The number of hydrogen-bond acceptors (Lipinski definition) is 4. The van der Waals surface area contributed by atoms with E-state index in [-0.39, 0.29) is 5.56 Å². The second kappa shape index (κ2) is 12.2. The third-order valence-corrected chi connectivity index (χ3v) is 4.95. The van der Waals surface area contributed by atoms with E-state index in [4.69, 9.17) is 9.47 Å². The Morgan fingerprint density at radius 2 is 1.78 bits per heavy atom. The maximum atomic E-state index is 13.7. The van der Waals surface area contributed by atoms with Crippen molar-refractivity contribution < 1.29 is 23.0 Å². The number of anilines is 1. The summed E-state index contributed by atoms with van der Waals surface area (Å²) in [6.45, 7) is 10.1. The zero-order valence-electron chi connectivity index (χ0n) is 19.3. The molecule has 174 valence electrons. The van der Waals surface area contributed by atoms with Crippen molar-refractivity contribution in [2.24, 2.45) is 0 Å². The second-order valence-electron chi connectivity index (χ2n) is 7.98. The molecular weight excluding hydrogens is 414 g/mol. The Morgan fingerprint density at radius 1 is 1.06 bits per heavy atom. The molecule has 0 heterocycles. The molecule has 0 saturated heterocycles. The smallest absolute Gasteiger partial charge is 0.248 e. The highest BCUT2D eigenvalue weighted by molar-refractivity contribution is 6.02. The molecule has 2 aromatic carbocycles. The van der Waals surface area contributed by atoms with Gasteiger partial charge in [-0.2, -0.15) is 0 Å². The Bertz CT molecular complexity index is 921.